The van der Waals surface area contributed by atoms with E-state index in [1.807, 2.05) is 0 Å². The average molecular weight is 597 g/mol. The standard InChI is InChI=1S/C24H21Br2ClN2O4/c1-13(21(30)14-7-3-2-4-8-14)28(22(31)15-9-5-6-10-20(15)27)29-23(32)16-11-18(25)19(26)12-17(16)24(29)33/h2-10,13,16-19H,11-12H2,1H3/t13-,16-,17+,18+,19+/m1/s1. The Morgan fingerprint density at radius 2 is 1.45 bits per heavy atom. The summed E-state index contributed by atoms with van der Waals surface area (Å²) in [6.07, 6.45) is 0.910. The number of rotatable bonds is 5. The molecule has 0 spiro atoms. The molecule has 0 aromatic heterocycles. The molecule has 6 nitrogen and oxygen atoms in total. The van der Waals surface area contributed by atoms with E-state index in [0.29, 0.717) is 18.4 Å². The van der Waals surface area contributed by atoms with Crippen LogP contribution in [0.25, 0.3) is 0 Å². The Hall–Kier alpha value is -2.03. The van der Waals surface area contributed by atoms with Gasteiger partial charge < -0.3 is 0 Å². The molecule has 1 aliphatic heterocycles. The normalized spacial score (nSPS) is 25.5. The van der Waals surface area contributed by atoms with Crippen molar-refractivity contribution in [1.29, 1.82) is 0 Å². The Morgan fingerprint density at radius 1 is 0.939 bits per heavy atom. The molecule has 5 atom stereocenters. The molecule has 9 heteroatoms. The summed E-state index contributed by atoms with van der Waals surface area (Å²) in [5.74, 6) is -3.12. The lowest BCUT2D eigenvalue weighted by atomic mass is 9.81. The van der Waals surface area contributed by atoms with Gasteiger partial charge in [-0.05, 0) is 31.9 Å². The van der Waals surface area contributed by atoms with Crippen LogP contribution in [-0.4, -0.2) is 49.2 Å². The molecule has 0 unspecified atom stereocenters. The number of carbonyl (C=O) groups excluding carboxylic acids is 4. The van der Waals surface area contributed by atoms with Crippen LogP contribution >= 0.6 is 43.5 Å². The lowest BCUT2D eigenvalue weighted by molar-refractivity contribution is -0.156. The van der Waals surface area contributed by atoms with Crippen molar-refractivity contribution in [1.82, 2.24) is 10.0 Å². The highest BCUT2D eigenvalue weighted by molar-refractivity contribution is 9.12. The van der Waals surface area contributed by atoms with E-state index in [0.717, 1.165) is 10.0 Å². The van der Waals surface area contributed by atoms with Crippen molar-refractivity contribution >= 4 is 67.0 Å². The first kappa shape index (κ1) is 24.1. The van der Waals surface area contributed by atoms with Crippen LogP contribution in [0.2, 0.25) is 5.02 Å². The maximum absolute atomic E-state index is 13.7. The molecule has 1 heterocycles. The van der Waals surface area contributed by atoms with E-state index in [2.05, 4.69) is 31.9 Å². The van der Waals surface area contributed by atoms with E-state index in [-0.39, 0.29) is 26.0 Å². The third-order valence-corrected chi connectivity index (χ3v) is 9.28. The SMILES string of the molecule is C[C@H](C(=O)c1ccccc1)N(C(=O)c1ccccc1Cl)N1C(=O)[C@H]2C[C@H](Br)[C@@H](Br)C[C@H]2C1=O. The molecule has 0 radical (unpaired) electrons. The number of nitrogens with zero attached hydrogens (tertiary/aromatic N) is 2. The third kappa shape index (κ3) is 4.40. The number of hydrogen-bond donors (Lipinski definition) is 0. The second-order valence-electron chi connectivity index (χ2n) is 8.24. The van der Waals surface area contributed by atoms with Gasteiger partial charge in [-0.3, -0.25) is 19.2 Å². The molecule has 1 saturated heterocycles. The average Bonchev–Trinajstić information content (AvgIpc) is 3.04. The fourth-order valence-corrected chi connectivity index (χ4v) is 5.90. The van der Waals surface area contributed by atoms with Crippen LogP contribution in [0.1, 0.15) is 40.5 Å². The van der Waals surface area contributed by atoms with E-state index in [1.54, 1.807) is 48.5 Å². The molecule has 4 rings (SSSR count). The van der Waals surface area contributed by atoms with Crippen molar-refractivity contribution in [2.24, 2.45) is 11.8 Å². The van der Waals surface area contributed by atoms with Crippen molar-refractivity contribution < 1.29 is 19.2 Å². The zero-order chi connectivity index (χ0) is 23.9. The fraction of sp³-hybridized carbons (Fsp3) is 0.333. The van der Waals surface area contributed by atoms with Gasteiger partial charge in [0.25, 0.3) is 17.7 Å². The highest BCUT2D eigenvalue weighted by Gasteiger charge is 2.55. The maximum Gasteiger partial charge on any atom is 0.275 e. The zero-order valence-electron chi connectivity index (χ0n) is 17.7. The number of ketones is 1. The molecule has 0 bridgehead atoms. The molecular formula is C24H21Br2ClN2O4. The highest BCUT2D eigenvalue weighted by atomic mass is 79.9. The second-order valence-corrected chi connectivity index (χ2v) is 11.0. The third-order valence-electron chi connectivity index (χ3n) is 6.22. The van der Waals surface area contributed by atoms with Crippen LogP contribution in [0.15, 0.2) is 54.6 Å². The highest BCUT2D eigenvalue weighted by Crippen LogP contribution is 2.44. The van der Waals surface area contributed by atoms with E-state index >= 15 is 0 Å². The Balaban J connectivity index is 1.77. The maximum atomic E-state index is 13.7. The molecule has 2 fully saturated rings. The van der Waals surface area contributed by atoms with Crippen LogP contribution in [0.5, 0.6) is 0 Å². The van der Waals surface area contributed by atoms with E-state index in [9.17, 15) is 19.2 Å². The first-order valence-corrected chi connectivity index (χ1v) is 12.8. The van der Waals surface area contributed by atoms with Gasteiger partial charge in [-0.1, -0.05) is 85.9 Å². The lowest BCUT2D eigenvalue weighted by Crippen LogP contribution is -2.56. The van der Waals surface area contributed by atoms with Gasteiger partial charge in [0.1, 0.15) is 6.04 Å². The quantitative estimate of drug-likeness (QED) is 0.280. The number of carbonyl (C=O) groups is 4. The fourth-order valence-electron chi connectivity index (χ4n) is 4.44. The number of hydrazine groups is 1. The zero-order valence-corrected chi connectivity index (χ0v) is 21.6. The number of amides is 3. The van der Waals surface area contributed by atoms with Crippen LogP contribution in [0, 0.1) is 11.8 Å². The van der Waals surface area contributed by atoms with Gasteiger partial charge in [0.15, 0.2) is 5.78 Å². The van der Waals surface area contributed by atoms with Gasteiger partial charge in [0.05, 0.1) is 22.4 Å². The summed E-state index contributed by atoms with van der Waals surface area (Å²) in [4.78, 5) is 53.9. The molecular weight excluding hydrogens is 576 g/mol. The van der Waals surface area contributed by atoms with Crippen molar-refractivity contribution in [3.63, 3.8) is 0 Å². The number of alkyl halides is 2. The summed E-state index contributed by atoms with van der Waals surface area (Å²) in [6, 6.07) is 13.7. The number of halogens is 3. The number of benzene rings is 2. The molecule has 3 amide bonds. The van der Waals surface area contributed by atoms with Crippen molar-refractivity contribution in [3.8, 4) is 0 Å². The summed E-state index contributed by atoms with van der Waals surface area (Å²) in [5, 5.41) is 2.05. The summed E-state index contributed by atoms with van der Waals surface area (Å²) >= 11 is 13.4. The second kappa shape index (κ2) is 9.68. The Labute approximate surface area is 213 Å². The van der Waals surface area contributed by atoms with Crippen molar-refractivity contribution in [2.45, 2.75) is 35.5 Å². The minimum atomic E-state index is -1.11. The van der Waals surface area contributed by atoms with Crippen LogP contribution in [0.3, 0.4) is 0 Å². The topological polar surface area (TPSA) is 74.8 Å². The van der Waals surface area contributed by atoms with Crippen molar-refractivity contribution in [2.75, 3.05) is 0 Å². The summed E-state index contributed by atoms with van der Waals surface area (Å²) in [6.45, 7) is 1.52. The minimum Gasteiger partial charge on any atom is -0.292 e. The first-order chi connectivity index (χ1) is 15.7. The van der Waals surface area contributed by atoms with Gasteiger partial charge in [0.2, 0.25) is 0 Å². The molecule has 2 aliphatic rings. The number of hydrogen-bond acceptors (Lipinski definition) is 4. The Morgan fingerprint density at radius 3 is 2.00 bits per heavy atom. The van der Waals surface area contributed by atoms with E-state index in [4.69, 9.17) is 11.6 Å². The smallest absolute Gasteiger partial charge is 0.275 e. The number of fused-ring (bicyclic) bond motifs is 1. The molecule has 1 saturated carbocycles. The van der Waals surface area contributed by atoms with Crippen LogP contribution in [0.4, 0.5) is 0 Å². The van der Waals surface area contributed by atoms with Crippen LogP contribution < -0.4 is 0 Å². The molecule has 2 aromatic rings. The first-order valence-electron chi connectivity index (χ1n) is 10.6. The lowest BCUT2D eigenvalue weighted by Gasteiger charge is -2.35. The molecule has 2 aromatic carbocycles. The predicted octanol–water partition coefficient (Wildman–Crippen LogP) is 4.89. The molecule has 0 N–H and O–H groups in total. The number of Topliss-reactive ketones (excluding diaryl/α,β-unsaturated/α-hetero) is 1. The van der Waals surface area contributed by atoms with Crippen LogP contribution in [-0.2, 0) is 9.59 Å². The molecule has 33 heavy (non-hydrogen) atoms. The monoisotopic (exact) mass is 594 g/mol. The Bertz CT molecular complexity index is 1080. The van der Waals surface area contributed by atoms with Gasteiger partial charge >= 0.3 is 0 Å². The minimum absolute atomic E-state index is 0.0199. The Kier molecular flexibility index (Phi) is 7.07. The summed E-state index contributed by atoms with van der Waals surface area (Å²) in [7, 11) is 0. The largest absolute Gasteiger partial charge is 0.292 e. The van der Waals surface area contributed by atoms with E-state index < -0.39 is 35.6 Å². The predicted molar refractivity (Wildman–Crippen MR) is 131 cm³/mol. The van der Waals surface area contributed by atoms with E-state index in [1.165, 1.54) is 13.0 Å². The van der Waals surface area contributed by atoms with Gasteiger partial charge in [0, 0.05) is 15.2 Å². The molecule has 1 aliphatic carbocycles. The van der Waals surface area contributed by atoms with Gasteiger partial charge in [-0.2, -0.15) is 5.01 Å². The summed E-state index contributed by atoms with van der Waals surface area (Å²) in [5.41, 5.74) is 0.485. The van der Waals surface area contributed by atoms with Crippen molar-refractivity contribution in [3.05, 3.63) is 70.7 Å². The van der Waals surface area contributed by atoms with Gasteiger partial charge in [-0.25, -0.2) is 5.01 Å². The summed E-state index contributed by atoms with van der Waals surface area (Å²) < 4.78 is 0. The molecule has 172 valence electrons. The number of imide groups is 1. The van der Waals surface area contributed by atoms with Gasteiger partial charge in [-0.15, -0.1) is 0 Å².